The molecule has 0 atom stereocenters. The van der Waals surface area contributed by atoms with Crippen molar-refractivity contribution in [2.75, 3.05) is 6.61 Å². The quantitative estimate of drug-likeness (QED) is 0.818. The van der Waals surface area contributed by atoms with E-state index in [2.05, 4.69) is 10.4 Å². The Morgan fingerprint density at radius 2 is 2.24 bits per heavy atom. The maximum Gasteiger partial charge on any atom is 0.254 e. The first kappa shape index (κ1) is 12.1. The van der Waals surface area contributed by atoms with Gasteiger partial charge in [0.1, 0.15) is 0 Å². The zero-order chi connectivity index (χ0) is 12.3. The molecule has 94 valence electrons. The normalized spacial score (nSPS) is 18.9. The summed E-state index contributed by atoms with van der Waals surface area (Å²) in [6.07, 6.45) is 8.25. The van der Waals surface area contributed by atoms with Crippen molar-refractivity contribution < 1.29 is 9.90 Å². The summed E-state index contributed by atoms with van der Waals surface area (Å²) in [5, 5.41) is 16.4. The lowest BCUT2D eigenvalue weighted by Gasteiger charge is -2.36. The van der Waals surface area contributed by atoms with Gasteiger partial charge < -0.3 is 10.4 Å². The van der Waals surface area contributed by atoms with Crippen LogP contribution in [-0.4, -0.2) is 32.9 Å². The second-order valence-electron chi connectivity index (χ2n) is 4.86. The summed E-state index contributed by atoms with van der Waals surface area (Å²) in [6, 6.07) is 0. The number of aliphatic hydroxyl groups excluding tert-OH is 1. The first-order valence-electron chi connectivity index (χ1n) is 6.07. The minimum absolute atomic E-state index is 0.0129. The summed E-state index contributed by atoms with van der Waals surface area (Å²) in [6.45, 7) is 0.0129. The van der Waals surface area contributed by atoms with E-state index in [1.165, 1.54) is 6.42 Å². The van der Waals surface area contributed by atoms with E-state index in [4.69, 9.17) is 0 Å². The van der Waals surface area contributed by atoms with Gasteiger partial charge in [0.2, 0.25) is 0 Å². The first-order chi connectivity index (χ1) is 8.15. The lowest BCUT2D eigenvalue weighted by Crippen LogP contribution is -2.52. The third-order valence-electron chi connectivity index (χ3n) is 3.46. The molecular formula is C12H19N3O2. The molecule has 1 amide bonds. The lowest BCUT2D eigenvalue weighted by molar-refractivity contribution is 0.0758. The predicted octanol–water partition coefficient (Wildman–Crippen LogP) is 0.845. The van der Waals surface area contributed by atoms with Crippen LogP contribution in [0.3, 0.4) is 0 Å². The molecule has 2 rings (SSSR count). The molecule has 1 aromatic rings. The number of aromatic nitrogens is 2. The van der Waals surface area contributed by atoms with E-state index in [0.717, 1.165) is 25.7 Å². The van der Waals surface area contributed by atoms with E-state index in [1.807, 2.05) is 0 Å². The summed E-state index contributed by atoms with van der Waals surface area (Å²) >= 11 is 0. The van der Waals surface area contributed by atoms with Crippen LogP contribution in [0.5, 0.6) is 0 Å². The molecule has 17 heavy (non-hydrogen) atoms. The Kier molecular flexibility index (Phi) is 3.47. The van der Waals surface area contributed by atoms with Crippen LogP contribution >= 0.6 is 0 Å². The van der Waals surface area contributed by atoms with Crippen molar-refractivity contribution in [3.05, 3.63) is 18.0 Å². The summed E-state index contributed by atoms with van der Waals surface area (Å²) in [4.78, 5) is 12.0. The molecule has 1 aliphatic rings. The maximum absolute atomic E-state index is 12.0. The average molecular weight is 237 g/mol. The summed E-state index contributed by atoms with van der Waals surface area (Å²) in [5.41, 5.74) is 0.122. The summed E-state index contributed by atoms with van der Waals surface area (Å²) in [5.74, 6) is -0.144. The van der Waals surface area contributed by atoms with Gasteiger partial charge in [-0.05, 0) is 12.8 Å². The van der Waals surface area contributed by atoms with Crippen molar-refractivity contribution >= 4 is 5.91 Å². The topological polar surface area (TPSA) is 67.2 Å². The Morgan fingerprint density at radius 1 is 1.53 bits per heavy atom. The molecule has 0 aliphatic heterocycles. The highest BCUT2D eigenvalue weighted by molar-refractivity contribution is 5.94. The van der Waals surface area contributed by atoms with Crippen LogP contribution in [-0.2, 0) is 7.05 Å². The van der Waals surface area contributed by atoms with E-state index in [9.17, 15) is 9.90 Å². The van der Waals surface area contributed by atoms with E-state index in [0.29, 0.717) is 5.56 Å². The van der Waals surface area contributed by atoms with Crippen LogP contribution in [0.25, 0.3) is 0 Å². The van der Waals surface area contributed by atoms with Gasteiger partial charge in [0.25, 0.3) is 5.91 Å². The van der Waals surface area contributed by atoms with Crippen LogP contribution < -0.4 is 5.32 Å². The molecule has 5 heteroatoms. The molecule has 5 nitrogen and oxygen atoms in total. The summed E-state index contributed by atoms with van der Waals surface area (Å²) < 4.78 is 1.60. The minimum Gasteiger partial charge on any atom is -0.394 e. The lowest BCUT2D eigenvalue weighted by atomic mass is 9.82. The van der Waals surface area contributed by atoms with Crippen LogP contribution in [0, 0.1) is 0 Å². The smallest absolute Gasteiger partial charge is 0.254 e. The maximum atomic E-state index is 12.0. The molecule has 1 saturated carbocycles. The molecule has 2 N–H and O–H groups in total. The molecule has 0 spiro atoms. The van der Waals surface area contributed by atoms with Gasteiger partial charge in [-0.1, -0.05) is 19.3 Å². The Hall–Kier alpha value is -1.36. The van der Waals surface area contributed by atoms with Gasteiger partial charge in [0.15, 0.2) is 0 Å². The Morgan fingerprint density at radius 3 is 2.76 bits per heavy atom. The second-order valence-corrected chi connectivity index (χ2v) is 4.86. The number of carbonyl (C=O) groups is 1. The number of hydrogen-bond donors (Lipinski definition) is 2. The van der Waals surface area contributed by atoms with Crippen molar-refractivity contribution in [2.45, 2.75) is 37.6 Å². The zero-order valence-corrected chi connectivity index (χ0v) is 10.1. The first-order valence-corrected chi connectivity index (χ1v) is 6.07. The SMILES string of the molecule is Cn1cc(C(=O)NC2(CO)CCCCC2)cn1. The largest absolute Gasteiger partial charge is 0.394 e. The van der Waals surface area contributed by atoms with Gasteiger partial charge >= 0.3 is 0 Å². The van der Waals surface area contributed by atoms with E-state index >= 15 is 0 Å². The van der Waals surface area contributed by atoms with Crippen molar-refractivity contribution in [3.63, 3.8) is 0 Å². The van der Waals surface area contributed by atoms with Crippen molar-refractivity contribution in [1.82, 2.24) is 15.1 Å². The number of rotatable bonds is 3. The molecule has 0 unspecified atom stereocenters. The number of hydrogen-bond acceptors (Lipinski definition) is 3. The summed E-state index contributed by atoms with van der Waals surface area (Å²) in [7, 11) is 1.78. The number of amides is 1. The van der Waals surface area contributed by atoms with Gasteiger partial charge in [-0.3, -0.25) is 9.48 Å². The van der Waals surface area contributed by atoms with Crippen molar-refractivity contribution in [1.29, 1.82) is 0 Å². The molecule has 0 radical (unpaired) electrons. The van der Waals surface area contributed by atoms with Crippen LogP contribution in [0.15, 0.2) is 12.4 Å². The fraction of sp³-hybridized carbons (Fsp3) is 0.667. The van der Waals surface area contributed by atoms with E-state index in [-0.39, 0.29) is 12.5 Å². The molecule has 1 fully saturated rings. The Balaban J connectivity index is 2.05. The molecule has 0 bridgehead atoms. The molecular weight excluding hydrogens is 218 g/mol. The number of nitrogens with zero attached hydrogens (tertiary/aromatic N) is 2. The molecule has 1 heterocycles. The van der Waals surface area contributed by atoms with Gasteiger partial charge in [0.05, 0.1) is 23.9 Å². The molecule has 1 aromatic heterocycles. The fourth-order valence-corrected chi connectivity index (χ4v) is 2.40. The van der Waals surface area contributed by atoms with Crippen LogP contribution in [0.1, 0.15) is 42.5 Å². The highest BCUT2D eigenvalue weighted by atomic mass is 16.3. The second kappa shape index (κ2) is 4.87. The Labute approximate surface area is 101 Å². The van der Waals surface area contributed by atoms with Crippen molar-refractivity contribution in [2.24, 2.45) is 7.05 Å². The highest BCUT2D eigenvalue weighted by Crippen LogP contribution is 2.28. The zero-order valence-electron chi connectivity index (χ0n) is 10.1. The van der Waals surface area contributed by atoms with Gasteiger partial charge in [-0.2, -0.15) is 5.10 Å². The van der Waals surface area contributed by atoms with Gasteiger partial charge in [-0.25, -0.2) is 0 Å². The number of carbonyl (C=O) groups excluding carboxylic acids is 1. The standard InChI is InChI=1S/C12H19N3O2/c1-15-8-10(7-13-15)11(17)14-12(9-16)5-3-2-4-6-12/h7-8,16H,2-6,9H2,1H3,(H,14,17). The Bertz CT molecular complexity index is 394. The fourth-order valence-electron chi connectivity index (χ4n) is 2.40. The average Bonchev–Trinajstić information content (AvgIpc) is 2.77. The molecule has 0 aromatic carbocycles. The van der Waals surface area contributed by atoms with Gasteiger partial charge in [0, 0.05) is 13.2 Å². The van der Waals surface area contributed by atoms with Crippen LogP contribution in [0.4, 0.5) is 0 Å². The van der Waals surface area contributed by atoms with E-state index < -0.39 is 5.54 Å². The molecule has 1 aliphatic carbocycles. The van der Waals surface area contributed by atoms with Gasteiger partial charge in [-0.15, -0.1) is 0 Å². The monoisotopic (exact) mass is 237 g/mol. The third kappa shape index (κ3) is 2.66. The number of aryl methyl sites for hydroxylation is 1. The third-order valence-corrected chi connectivity index (χ3v) is 3.46. The minimum atomic E-state index is -0.425. The number of aliphatic hydroxyl groups is 1. The molecule has 0 saturated heterocycles. The van der Waals surface area contributed by atoms with E-state index in [1.54, 1.807) is 24.1 Å². The number of nitrogens with one attached hydrogen (secondary N) is 1. The predicted molar refractivity (Wildman–Crippen MR) is 63.6 cm³/mol. The highest BCUT2D eigenvalue weighted by Gasteiger charge is 2.33. The van der Waals surface area contributed by atoms with Crippen LogP contribution in [0.2, 0.25) is 0 Å². The van der Waals surface area contributed by atoms with Crippen molar-refractivity contribution in [3.8, 4) is 0 Å².